The van der Waals surface area contributed by atoms with Gasteiger partial charge in [-0.3, -0.25) is 4.90 Å². The minimum absolute atomic E-state index is 0.463. The first kappa shape index (κ1) is 16.2. The van der Waals surface area contributed by atoms with Gasteiger partial charge in [0.1, 0.15) is 0 Å². The Balaban J connectivity index is 1.90. The number of nitrogens with one attached hydrogen (secondary N) is 1. The van der Waals surface area contributed by atoms with Crippen molar-refractivity contribution >= 4 is 11.3 Å². The minimum atomic E-state index is 0.463. The Labute approximate surface area is 132 Å². The predicted octanol–water partition coefficient (Wildman–Crippen LogP) is 3.96. The van der Waals surface area contributed by atoms with Gasteiger partial charge in [-0.05, 0) is 36.5 Å². The zero-order valence-electron chi connectivity index (χ0n) is 13.1. The zero-order chi connectivity index (χ0) is 14.9. The van der Waals surface area contributed by atoms with Crippen molar-refractivity contribution in [3.8, 4) is 0 Å². The third kappa shape index (κ3) is 4.95. The molecule has 1 heterocycles. The van der Waals surface area contributed by atoms with Gasteiger partial charge in [-0.15, -0.1) is 11.3 Å². The van der Waals surface area contributed by atoms with E-state index in [9.17, 15) is 0 Å². The van der Waals surface area contributed by atoms with Crippen molar-refractivity contribution in [2.24, 2.45) is 0 Å². The highest BCUT2D eigenvalue weighted by molar-refractivity contribution is 7.09. The summed E-state index contributed by atoms with van der Waals surface area (Å²) in [5.41, 5.74) is 1.41. The minimum Gasteiger partial charge on any atom is -0.314 e. The Bertz CT molecular complexity index is 477. The van der Waals surface area contributed by atoms with E-state index in [2.05, 4.69) is 71.9 Å². The van der Waals surface area contributed by atoms with Gasteiger partial charge in [-0.2, -0.15) is 0 Å². The van der Waals surface area contributed by atoms with Crippen LogP contribution in [0.2, 0.25) is 0 Å². The van der Waals surface area contributed by atoms with Gasteiger partial charge in [-0.1, -0.05) is 50.2 Å². The summed E-state index contributed by atoms with van der Waals surface area (Å²) in [5.74, 6) is 0. The molecule has 0 fully saturated rings. The predicted molar refractivity (Wildman–Crippen MR) is 93.0 cm³/mol. The summed E-state index contributed by atoms with van der Waals surface area (Å²) in [6, 6.07) is 15.6. The van der Waals surface area contributed by atoms with Crippen LogP contribution in [0, 0.1) is 0 Å². The largest absolute Gasteiger partial charge is 0.314 e. The molecule has 2 rings (SSSR count). The molecule has 1 aromatic carbocycles. The van der Waals surface area contributed by atoms with Crippen LogP contribution in [0.5, 0.6) is 0 Å². The molecule has 0 saturated carbocycles. The third-order valence-corrected chi connectivity index (χ3v) is 4.84. The molecular weight excluding hydrogens is 276 g/mol. The highest BCUT2D eigenvalue weighted by atomic mass is 32.1. The normalized spacial score (nSPS) is 12.7. The van der Waals surface area contributed by atoms with Crippen molar-refractivity contribution in [3.63, 3.8) is 0 Å². The molecular formula is C18H26N2S. The van der Waals surface area contributed by atoms with Crippen molar-refractivity contribution in [2.75, 3.05) is 26.2 Å². The first-order valence-electron chi connectivity index (χ1n) is 7.87. The quantitative estimate of drug-likeness (QED) is 0.705. The Hall–Kier alpha value is -1.16. The fourth-order valence-corrected chi connectivity index (χ4v) is 3.41. The molecule has 1 unspecified atom stereocenters. The molecule has 2 aromatic rings. The van der Waals surface area contributed by atoms with E-state index < -0.39 is 0 Å². The molecule has 0 radical (unpaired) electrons. The second kappa shape index (κ2) is 8.98. The SMILES string of the molecule is CCN(CC)C(CNCCc1cccs1)c1ccccc1. The average Bonchev–Trinajstić information content (AvgIpc) is 3.05. The maximum absolute atomic E-state index is 3.64. The number of thiophene rings is 1. The highest BCUT2D eigenvalue weighted by Crippen LogP contribution is 2.19. The van der Waals surface area contributed by atoms with Gasteiger partial charge in [-0.25, -0.2) is 0 Å². The van der Waals surface area contributed by atoms with Crippen LogP contribution in [0.1, 0.15) is 30.3 Å². The molecule has 0 aliphatic heterocycles. The van der Waals surface area contributed by atoms with Gasteiger partial charge in [0.2, 0.25) is 0 Å². The van der Waals surface area contributed by atoms with E-state index in [1.807, 2.05) is 11.3 Å². The Morgan fingerprint density at radius 1 is 1.05 bits per heavy atom. The Morgan fingerprint density at radius 3 is 2.43 bits per heavy atom. The first-order valence-corrected chi connectivity index (χ1v) is 8.75. The van der Waals surface area contributed by atoms with E-state index >= 15 is 0 Å². The molecule has 3 heteroatoms. The lowest BCUT2D eigenvalue weighted by molar-refractivity contribution is 0.213. The summed E-state index contributed by atoms with van der Waals surface area (Å²) in [6.45, 7) is 8.71. The van der Waals surface area contributed by atoms with Crippen molar-refractivity contribution < 1.29 is 0 Å². The molecule has 21 heavy (non-hydrogen) atoms. The van der Waals surface area contributed by atoms with Gasteiger partial charge in [0.15, 0.2) is 0 Å². The van der Waals surface area contributed by atoms with Crippen molar-refractivity contribution in [2.45, 2.75) is 26.3 Å². The van der Waals surface area contributed by atoms with E-state index in [0.717, 1.165) is 32.6 Å². The van der Waals surface area contributed by atoms with Crippen LogP contribution in [-0.4, -0.2) is 31.1 Å². The molecule has 2 nitrogen and oxygen atoms in total. The van der Waals surface area contributed by atoms with Gasteiger partial charge in [0, 0.05) is 24.0 Å². The van der Waals surface area contributed by atoms with E-state index in [-0.39, 0.29) is 0 Å². The van der Waals surface area contributed by atoms with E-state index in [1.165, 1.54) is 10.4 Å². The van der Waals surface area contributed by atoms with Crippen molar-refractivity contribution in [3.05, 3.63) is 58.3 Å². The van der Waals surface area contributed by atoms with Crippen LogP contribution in [0.25, 0.3) is 0 Å². The molecule has 0 bridgehead atoms. The number of benzene rings is 1. The van der Waals surface area contributed by atoms with Crippen molar-refractivity contribution in [1.82, 2.24) is 10.2 Å². The lowest BCUT2D eigenvalue weighted by atomic mass is 10.1. The summed E-state index contributed by atoms with van der Waals surface area (Å²) in [5, 5.41) is 5.79. The molecule has 0 spiro atoms. The van der Waals surface area contributed by atoms with Crippen molar-refractivity contribution in [1.29, 1.82) is 0 Å². The maximum Gasteiger partial charge on any atom is 0.0472 e. The highest BCUT2D eigenvalue weighted by Gasteiger charge is 2.16. The monoisotopic (exact) mass is 302 g/mol. The maximum atomic E-state index is 3.64. The molecule has 0 amide bonds. The van der Waals surface area contributed by atoms with E-state index in [1.54, 1.807) is 0 Å². The summed E-state index contributed by atoms with van der Waals surface area (Å²) in [4.78, 5) is 3.98. The number of likely N-dealkylation sites (N-methyl/N-ethyl adjacent to an activating group) is 1. The van der Waals surface area contributed by atoms with Crippen LogP contribution < -0.4 is 5.32 Å². The lowest BCUT2D eigenvalue weighted by Gasteiger charge is -2.30. The summed E-state index contributed by atoms with van der Waals surface area (Å²) >= 11 is 1.84. The molecule has 0 aliphatic rings. The van der Waals surface area contributed by atoms with Crippen LogP contribution in [0.15, 0.2) is 47.8 Å². The van der Waals surface area contributed by atoms with E-state index in [0.29, 0.717) is 6.04 Å². The molecule has 1 aromatic heterocycles. The summed E-state index contributed by atoms with van der Waals surface area (Å²) in [7, 11) is 0. The van der Waals surface area contributed by atoms with Crippen LogP contribution in [0.4, 0.5) is 0 Å². The Morgan fingerprint density at radius 2 is 1.81 bits per heavy atom. The number of hydrogen-bond acceptors (Lipinski definition) is 3. The fraction of sp³-hybridized carbons (Fsp3) is 0.444. The van der Waals surface area contributed by atoms with Gasteiger partial charge in [0.05, 0.1) is 0 Å². The van der Waals surface area contributed by atoms with Gasteiger partial charge >= 0.3 is 0 Å². The third-order valence-electron chi connectivity index (χ3n) is 3.90. The van der Waals surface area contributed by atoms with Crippen LogP contribution >= 0.6 is 11.3 Å². The van der Waals surface area contributed by atoms with Crippen LogP contribution in [-0.2, 0) is 6.42 Å². The summed E-state index contributed by atoms with van der Waals surface area (Å²) in [6.07, 6.45) is 1.12. The molecule has 0 aliphatic carbocycles. The number of nitrogens with zero attached hydrogens (tertiary/aromatic N) is 1. The lowest BCUT2D eigenvalue weighted by Crippen LogP contribution is -2.36. The average molecular weight is 302 g/mol. The topological polar surface area (TPSA) is 15.3 Å². The molecule has 0 saturated heterocycles. The molecule has 114 valence electrons. The van der Waals surface area contributed by atoms with Crippen LogP contribution in [0.3, 0.4) is 0 Å². The van der Waals surface area contributed by atoms with Gasteiger partial charge in [0.25, 0.3) is 0 Å². The second-order valence-corrected chi connectivity index (χ2v) is 6.21. The van der Waals surface area contributed by atoms with Gasteiger partial charge < -0.3 is 5.32 Å². The fourth-order valence-electron chi connectivity index (χ4n) is 2.70. The second-order valence-electron chi connectivity index (χ2n) is 5.18. The smallest absolute Gasteiger partial charge is 0.0472 e. The number of hydrogen-bond donors (Lipinski definition) is 1. The summed E-state index contributed by atoms with van der Waals surface area (Å²) < 4.78 is 0. The standard InChI is InChI=1S/C18H26N2S/c1-3-20(4-2)18(16-9-6-5-7-10-16)15-19-13-12-17-11-8-14-21-17/h5-11,14,18-19H,3-4,12-13,15H2,1-2H3. The molecule has 1 atom stereocenters. The molecule has 1 N–H and O–H groups in total. The Kier molecular flexibility index (Phi) is 6.93. The zero-order valence-corrected chi connectivity index (χ0v) is 13.9. The first-order chi connectivity index (χ1) is 10.3. The van der Waals surface area contributed by atoms with E-state index in [4.69, 9.17) is 0 Å². The number of rotatable bonds is 9.